The monoisotopic (exact) mass is 300 g/mol. The van der Waals surface area contributed by atoms with Crippen LogP contribution in [-0.2, 0) is 0 Å². The number of para-hydroxylation sites is 1. The maximum Gasteiger partial charge on any atom is 0.255 e. The van der Waals surface area contributed by atoms with Crippen molar-refractivity contribution in [2.45, 2.75) is 0 Å². The van der Waals surface area contributed by atoms with Crippen LogP contribution in [0.1, 0.15) is 0 Å². The van der Waals surface area contributed by atoms with Crippen LogP contribution >= 0.6 is 0 Å². The molecule has 3 N–H and O–H groups in total. The van der Waals surface area contributed by atoms with Crippen molar-refractivity contribution in [1.29, 1.82) is 0 Å². The predicted molar refractivity (Wildman–Crippen MR) is 76.7 cm³/mol. The molecule has 0 atom stereocenters. The highest BCUT2D eigenvalue weighted by atomic mass is 16.5. The highest BCUT2D eigenvalue weighted by Crippen LogP contribution is 2.40. The smallest absolute Gasteiger partial charge is 0.255 e. The van der Waals surface area contributed by atoms with E-state index in [1.807, 2.05) is 0 Å². The first-order chi connectivity index (χ1) is 10.6. The number of methoxy groups -OCH3 is 1. The number of rotatable bonds is 3. The molecule has 3 rings (SSSR count). The van der Waals surface area contributed by atoms with Gasteiger partial charge in [0.25, 0.3) is 11.8 Å². The van der Waals surface area contributed by atoms with Crippen molar-refractivity contribution < 1.29 is 24.5 Å². The van der Waals surface area contributed by atoms with Gasteiger partial charge >= 0.3 is 0 Å². The van der Waals surface area contributed by atoms with Crippen LogP contribution in [0.2, 0.25) is 0 Å². The Morgan fingerprint density at radius 3 is 2.27 bits per heavy atom. The first-order valence-electron chi connectivity index (χ1n) is 6.32. The van der Waals surface area contributed by atoms with Gasteiger partial charge in [-0.2, -0.15) is 0 Å². The average Bonchev–Trinajstić information content (AvgIpc) is 2.95. The summed E-state index contributed by atoms with van der Waals surface area (Å²) < 4.78 is 10.7. The van der Waals surface area contributed by atoms with Gasteiger partial charge in [0.05, 0.1) is 12.7 Å². The molecule has 0 saturated heterocycles. The highest BCUT2D eigenvalue weighted by Gasteiger charge is 2.20. The van der Waals surface area contributed by atoms with Gasteiger partial charge < -0.3 is 24.5 Å². The Bertz CT molecular complexity index is 805. The highest BCUT2D eigenvalue weighted by molar-refractivity contribution is 5.72. The van der Waals surface area contributed by atoms with Crippen molar-refractivity contribution in [3.8, 4) is 45.9 Å². The Labute approximate surface area is 125 Å². The molecule has 7 heteroatoms. The molecule has 0 saturated carbocycles. The molecule has 112 valence electrons. The second-order valence-electron chi connectivity index (χ2n) is 4.47. The zero-order chi connectivity index (χ0) is 15.7. The number of phenols is 3. The molecule has 0 radical (unpaired) electrons. The second-order valence-corrected chi connectivity index (χ2v) is 4.47. The van der Waals surface area contributed by atoms with Crippen LogP contribution in [0.15, 0.2) is 40.8 Å². The number of aromatic hydroxyl groups is 3. The summed E-state index contributed by atoms with van der Waals surface area (Å²) >= 11 is 0. The summed E-state index contributed by atoms with van der Waals surface area (Å²) in [6.07, 6.45) is 0. The van der Waals surface area contributed by atoms with Gasteiger partial charge in [-0.05, 0) is 12.1 Å². The minimum Gasteiger partial charge on any atom is -0.508 e. The summed E-state index contributed by atoms with van der Waals surface area (Å²) in [4.78, 5) is 0. The molecule has 2 aromatic carbocycles. The minimum absolute atomic E-state index is 0.0496. The largest absolute Gasteiger partial charge is 0.508 e. The molecule has 0 fully saturated rings. The summed E-state index contributed by atoms with van der Waals surface area (Å²) in [5, 5.41) is 36.7. The third-order valence-electron chi connectivity index (χ3n) is 3.06. The fourth-order valence-corrected chi connectivity index (χ4v) is 2.07. The zero-order valence-corrected chi connectivity index (χ0v) is 11.5. The van der Waals surface area contributed by atoms with Crippen LogP contribution in [0.5, 0.6) is 23.0 Å². The van der Waals surface area contributed by atoms with Crippen molar-refractivity contribution in [1.82, 2.24) is 10.2 Å². The van der Waals surface area contributed by atoms with Crippen molar-refractivity contribution in [3.63, 3.8) is 0 Å². The van der Waals surface area contributed by atoms with Crippen molar-refractivity contribution in [2.24, 2.45) is 0 Å². The van der Waals surface area contributed by atoms with Crippen LogP contribution in [0.25, 0.3) is 22.9 Å². The molecule has 0 amide bonds. The third-order valence-corrected chi connectivity index (χ3v) is 3.06. The number of hydrogen-bond donors (Lipinski definition) is 3. The molecule has 0 aliphatic heterocycles. The first kappa shape index (κ1) is 13.7. The van der Waals surface area contributed by atoms with Gasteiger partial charge in [0.1, 0.15) is 28.6 Å². The van der Waals surface area contributed by atoms with Gasteiger partial charge in [0.15, 0.2) is 0 Å². The van der Waals surface area contributed by atoms with Crippen LogP contribution in [0, 0.1) is 0 Å². The van der Waals surface area contributed by atoms with E-state index in [9.17, 15) is 15.3 Å². The van der Waals surface area contributed by atoms with E-state index in [0.29, 0.717) is 11.3 Å². The predicted octanol–water partition coefficient (Wildman–Crippen LogP) is 2.53. The fourth-order valence-electron chi connectivity index (χ4n) is 2.07. The SMILES string of the molecule is COc1ccccc1-c1nnc(-c2c(O)cc(O)cc2O)o1. The van der Waals surface area contributed by atoms with E-state index in [0.717, 1.165) is 12.1 Å². The van der Waals surface area contributed by atoms with E-state index in [1.54, 1.807) is 24.3 Å². The Hall–Kier alpha value is -3.22. The molecule has 0 unspecified atom stereocenters. The molecule has 1 heterocycles. The molecule has 3 aromatic rings. The van der Waals surface area contributed by atoms with Gasteiger partial charge in [0.2, 0.25) is 0 Å². The van der Waals surface area contributed by atoms with Crippen LogP contribution in [0.3, 0.4) is 0 Å². The number of phenolic OH excluding ortho intramolecular Hbond substituents is 3. The minimum atomic E-state index is -0.368. The number of nitrogens with zero attached hydrogens (tertiary/aromatic N) is 2. The molecule has 22 heavy (non-hydrogen) atoms. The molecular formula is C15H12N2O5. The van der Waals surface area contributed by atoms with Gasteiger partial charge in [-0.15, -0.1) is 10.2 Å². The lowest BCUT2D eigenvalue weighted by molar-refractivity contribution is 0.414. The molecule has 0 aliphatic rings. The maximum absolute atomic E-state index is 9.83. The number of hydrogen-bond acceptors (Lipinski definition) is 7. The van der Waals surface area contributed by atoms with E-state index in [-0.39, 0.29) is 34.6 Å². The number of ether oxygens (including phenoxy) is 1. The average molecular weight is 300 g/mol. The first-order valence-corrected chi connectivity index (χ1v) is 6.32. The van der Waals surface area contributed by atoms with Gasteiger partial charge in [-0.3, -0.25) is 0 Å². The van der Waals surface area contributed by atoms with Crippen LogP contribution in [-0.4, -0.2) is 32.6 Å². The second kappa shape index (κ2) is 5.28. The summed E-state index contributed by atoms with van der Waals surface area (Å²) in [7, 11) is 1.52. The lowest BCUT2D eigenvalue weighted by Crippen LogP contribution is -1.87. The summed E-state index contributed by atoms with van der Waals surface area (Å²) in [5.74, 6) is -0.351. The topological polar surface area (TPSA) is 109 Å². The zero-order valence-electron chi connectivity index (χ0n) is 11.5. The normalized spacial score (nSPS) is 10.6. The van der Waals surface area contributed by atoms with E-state index in [2.05, 4.69) is 10.2 Å². The van der Waals surface area contributed by atoms with Crippen molar-refractivity contribution in [2.75, 3.05) is 7.11 Å². The quantitative estimate of drug-likeness (QED) is 0.682. The third kappa shape index (κ3) is 2.28. The summed E-state index contributed by atoms with van der Waals surface area (Å²) in [5.41, 5.74) is 0.535. The van der Waals surface area contributed by atoms with E-state index in [4.69, 9.17) is 9.15 Å². The Morgan fingerprint density at radius 1 is 0.955 bits per heavy atom. The van der Waals surface area contributed by atoms with Gasteiger partial charge in [-0.25, -0.2) is 0 Å². The fraction of sp³-hybridized carbons (Fsp3) is 0.0667. The van der Waals surface area contributed by atoms with E-state index < -0.39 is 0 Å². The summed E-state index contributed by atoms with van der Waals surface area (Å²) in [6.45, 7) is 0. The molecular weight excluding hydrogens is 288 g/mol. The maximum atomic E-state index is 9.83. The molecule has 7 nitrogen and oxygen atoms in total. The van der Waals surface area contributed by atoms with Crippen LogP contribution in [0.4, 0.5) is 0 Å². The Balaban J connectivity index is 2.09. The van der Waals surface area contributed by atoms with E-state index in [1.165, 1.54) is 7.11 Å². The lowest BCUT2D eigenvalue weighted by atomic mass is 10.1. The van der Waals surface area contributed by atoms with Crippen molar-refractivity contribution >= 4 is 0 Å². The Morgan fingerprint density at radius 2 is 1.59 bits per heavy atom. The number of aromatic nitrogens is 2. The van der Waals surface area contributed by atoms with E-state index >= 15 is 0 Å². The molecule has 1 aromatic heterocycles. The van der Waals surface area contributed by atoms with Gasteiger partial charge in [0, 0.05) is 12.1 Å². The van der Waals surface area contributed by atoms with Crippen molar-refractivity contribution in [3.05, 3.63) is 36.4 Å². The lowest BCUT2D eigenvalue weighted by Gasteiger charge is -2.04. The van der Waals surface area contributed by atoms with Crippen LogP contribution < -0.4 is 4.74 Å². The molecule has 0 spiro atoms. The standard InChI is InChI=1S/C15H12N2O5/c1-21-12-5-3-2-4-9(12)14-16-17-15(22-14)13-10(19)6-8(18)7-11(13)20/h2-7,18-20H,1H3. The number of benzene rings is 2. The Kier molecular flexibility index (Phi) is 3.30. The molecule has 0 aliphatic carbocycles. The molecule has 0 bridgehead atoms. The summed E-state index contributed by atoms with van der Waals surface area (Å²) in [6, 6.07) is 9.22. The van der Waals surface area contributed by atoms with Gasteiger partial charge in [-0.1, -0.05) is 12.1 Å².